The highest BCUT2D eigenvalue weighted by molar-refractivity contribution is 7.14. The van der Waals surface area contributed by atoms with Crippen LogP contribution in [0.25, 0.3) is 11.3 Å². The first kappa shape index (κ1) is 16.3. The summed E-state index contributed by atoms with van der Waals surface area (Å²) in [7, 11) is 0. The minimum absolute atomic E-state index is 0.275. The number of carbonyl (C=O) groups is 1. The van der Waals surface area contributed by atoms with E-state index in [1.54, 1.807) is 11.3 Å². The summed E-state index contributed by atoms with van der Waals surface area (Å²) < 4.78 is 5.65. The van der Waals surface area contributed by atoms with Crippen LogP contribution in [0.15, 0.2) is 23.6 Å². The summed E-state index contributed by atoms with van der Waals surface area (Å²) in [5.41, 5.74) is 4.49. The van der Waals surface area contributed by atoms with Gasteiger partial charge in [-0.3, -0.25) is 4.79 Å². The quantitative estimate of drug-likeness (QED) is 0.873. The lowest BCUT2D eigenvalue weighted by atomic mass is 10.1. The van der Waals surface area contributed by atoms with Gasteiger partial charge in [0.25, 0.3) is 0 Å². The summed E-state index contributed by atoms with van der Waals surface area (Å²) in [4.78, 5) is 19.1. The van der Waals surface area contributed by atoms with E-state index in [1.807, 2.05) is 4.90 Å². The second-order valence-corrected chi connectivity index (χ2v) is 8.27. The molecule has 1 amide bonds. The van der Waals surface area contributed by atoms with Gasteiger partial charge in [0.15, 0.2) is 5.13 Å². The van der Waals surface area contributed by atoms with E-state index in [0.29, 0.717) is 12.0 Å². The third-order valence-electron chi connectivity index (χ3n) is 5.47. The molecule has 1 N–H and O–H groups in total. The highest BCUT2D eigenvalue weighted by Crippen LogP contribution is 2.38. The first-order chi connectivity index (χ1) is 12.8. The van der Waals surface area contributed by atoms with Crippen LogP contribution < -0.4 is 10.2 Å². The molecule has 1 atom stereocenters. The second-order valence-electron chi connectivity index (χ2n) is 7.41. The van der Waals surface area contributed by atoms with E-state index in [4.69, 9.17) is 9.72 Å². The lowest BCUT2D eigenvalue weighted by molar-refractivity contribution is -0.119. The van der Waals surface area contributed by atoms with Gasteiger partial charge in [-0.1, -0.05) is 6.07 Å². The maximum Gasteiger partial charge on any atom is 0.230 e. The molecule has 3 aliphatic rings. The molecule has 1 saturated carbocycles. The lowest BCUT2D eigenvalue weighted by Gasteiger charge is -2.17. The number of rotatable bonds is 5. The molecule has 2 fully saturated rings. The van der Waals surface area contributed by atoms with E-state index >= 15 is 0 Å². The number of hydrogen-bond acceptors (Lipinski definition) is 5. The molecule has 1 saturated heterocycles. The molecule has 0 bridgehead atoms. The molecule has 136 valence electrons. The summed E-state index contributed by atoms with van der Waals surface area (Å²) in [6, 6.07) is 6.39. The SMILES string of the molecule is O=C(C1CC1)N1CCc2cc(-c3csc(NC[C@H]4CCCO4)n3)ccc21. The van der Waals surface area contributed by atoms with E-state index < -0.39 is 0 Å². The number of amides is 1. The standard InChI is InChI=1S/C20H23N3O2S/c24-19(13-3-4-13)23-8-7-15-10-14(5-6-18(15)23)17-12-26-20(22-17)21-11-16-2-1-9-25-16/h5-6,10,12-13,16H,1-4,7-9,11H2,(H,21,22)/t16-/m1/s1. The normalized spacial score (nSPS) is 21.8. The Morgan fingerprint density at radius 3 is 3.08 bits per heavy atom. The molecule has 1 aromatic carbocycles. The molecule has 6 heteroatoms. The van der Waals surface area contributed by atoms with E-state index in [-0.39, 0.29) is 5.92 Å². The average Bonchev–Trinajstić information content (AvgIpc) is 3.06. The molecule has 1 aliphatic carbocycles. The van der Waals surface area contributed by atoms with Crippen LogP contribution >= 0.6 is 11.3 Å². The molecule has 0 radical (unpaired) electrons. The zero-order valence-corrected chi connectivity index (χ0v) is 15.6. The summed E-state index contributed by atoms with van der Waals surface area (Å²) in [5.74, 6) is 0.586. The Morgan fingerprint density at radius 1 is 1.35 bits per heavy atom. The van der Waals surface area contributed by atoms with Crippen molar-refractivity contribution in [3.63, 3.8) is 0 Å². The van der Waals surface area contributed by atoms with Gasteiger partial charge in [0.1, 0.15) is 0 Å². The molecule has 5 rings (SSSR count). The van der Waals surface area contributed by atoms with Crippen molar-refractivity contribution in [3.8, 4) is 11.3 Å². The van der Waals surface area contributed by atoms with Gasteiger partial charge in [0.05, 0.1) is 11.8 Å². The van der Waals surface area contributed by atoms with Gasteiger partial charge in [0, 0.05) is 42.2 Å². The van der Waals surface area contributed by atoms with Crippen LogP contribution in [0, 0.1) is 5.92 Å². The van der Waals surface area contributed by atoms with Gasteiger partial charge >= 0.3 is 0 Å². The summed E-state index contributed by atoms with van der Waals surface area (Å²) in [6.45, 7) is 2.53. The highest BCUT2D eigenvalue weighted by Gasteiger charge is 2.36. The number of ether oxygens (including phenoxy) is 1. The van der Waals surface area contributed by atoms with Crippen molar-refractivity contribution in [1.82, 2.24) is 4.98 Å². The summed E-state index contributed by atoms with van der Waals surface area (Å²) >= 11 is 1.64. The first-order valence-electron chi connectivity index (χ1n) is 9.53. The van der Waals surface area contributed by atoms with Crippen LogP contribution in [-0.2, 0) is 16.0 Å². The summed E-state index contributed by atoms with van der Waals surface area (Å²) in [6.07, 6.45) is 5.66. The van der Waals surface area contributed by atoms with Gasteiger partial charge in [-0.15, -0.1) is 11.3 Å². The van der Waals surface area contributed by atoms with E-state index in [1.165, 1.54) is 5.56 Å². The van der Waals surface area contributed by atoms with Gasteiger partial charge < -0.3 is 15.0 Å². The van der Waals surface area contributed by atoms with Crippen LogP contribution in [0.1, 0.15) is 31.2 Å². The van der Waals surface area contributed by atoms with Crippen molar-refractivity contribution in [2.75, 3.05) is 29.9 Å². The number of benzene rings is 1. The Bertz CT molecular complexity index is 824. The number of nitrogens with zero attached hydrogens (tertiary/aromatic N) is 2. The minimum atomic E-state index is 0.275. The minimum Gasteiger partial charge on any atom is -0.376 e. The Morgan fingerprint density at radius 2 is 2.27 bits per heavy atom. The van der Waals surface area contributed by atoms with Crippen molar-refractivity contribution >= 4 is 28.1 Å². The number of anilines is 2. The van der Waals surface area contributed by atoms with E-state index in [0.717, 1.165) is 73.9 Å². The van der Waals surface area contributed by atoms with E-state index in [2.05, 4.69) is 28.9 Å². The van der Waals surface area contributed by atoms with Crippen molar-refractivity contribution < 1.29 is 9.53 Å². The molecule has 0 spiro atoms. The maximum absolute atomic E-state index is 12.4. The van der Waals surface area contributed by atoms with Crippen molar-refractivity contribution in [3.05, 3.63) is 29.1 Å². The third kappa shape index (κ3) is 3.12. The predicted molar refractivity (Wildman–Crippen MR) is 104 cm³/mol. The molecule has 0 unspecified atom stereocenters. The van der Waals surface area contributed by atoms with Crippen LogP contribution in [0.4, 0.5) is 10.8 Å². The number of nitrogens with one attached hydrogen (secondary N) is 1. The Labute approximate surface area is 157 Å². The van der Waals surface area contributed by atoms with Crippen LogP contribution in [0.5, 0.6) is 0 Å². The van der Waals surface area contributed by atoms with Crippen LogP contribution in [-0.4, -0.2) is 36.7 Å². The van der Waals surface area contributed by atoms with Crippen molar-refractivity contribution in [2.45, 2.75) is 38.2 Å². The maximum atomic E-state index is 12.4. The summed E-state index contributed by atoms with van der Waals surface area (Å²) in [5, 5.41) is 6.44. The molecular formula is C20H23N3O2S. The molecule has 1 aromatic heterocycles. The molecule has 2 aliphatic heterocycles. The van der Waals surface area contributed by atoms with Gasteiger partial charge in [-0.05, 0) is 49.8 Å². The Kier molecular flexibility index (Phi) is 4.17. The zero-order chi connectivity index (χ0) is 17.5. The first-order valence-corrected chi connectivity index (χ1v) is 10.4. The Hall–Kier alpha value is -1.92. The van der Waals surface area contributed by atoms with Crippen LogP contribution in [0.3, 0.4) is 0 Å². The number of fused-ring (bicyclic) bond motifs is 1. The fraction of sp³-hybridized carbons (Fsp3) is 0.500. The van der Waals surface area contributed by atoms with Gasteiger partial charge in [-0.25, -0.2) is 4.98 Å². The number of hydrogen-bond donors (Lipinski definition) is 1. The number of thiazole rings is 1. The number of aromatic nitrogens is 1. The van der Waals surface area contributed by atoms with Crippen molar-refractivity contribution in [2.24, 2.45) is 5.92 Å². The molecule has 2 aromatic rings. The smallest absolute Gasteiger partial charge is 0.230 e. The highest BCUT2D eigenvalue weighted by atomic mass is 32.1. The molecular weight excluding hydrogens is 346 g/mol. The predicted octanol–water partition coefficient (Wildman–Crippen LogP) is 3.70. The third-order valence-corrected chi connectivity index (χ3v) is 6.27. The molecule has 3 heterocycles. The number of carbonyl (C=O) groups excluding carboxylic acids is 1. The monoisotopic (exact) mass is 369 g/mol. The second kappa shape index (κ2) is 6.67. The van der Waals surface area contributed by atoms with Crippen molar-refractivity contribution in [1.29, 1.82) is 0 Å². The molecule has 26 heavy (non-hydrogen) atoms. The van der Waals surface area contributed by atoms with E-state index in [9.17, 15) is 4.79 Å². The Balaban J connectivity index is 1.29. The molecule has 5 nitrogen and oxygen atoms in total. The topological polar surface area (TPSA) is 54.5 Å². The van der Waals surface area contributed by atoms with Crippen LogP contribution in [0.2, 0.25) is 0 Å². The average molecular weight is 369 g/mol. The lowest BCUT2D eigenvalue weighted by Crippen LogP contribution is -2.30. The fourth-order valence-corrected chi connectivity index (χ4v) is 4.56. The van der Waals surface area contributed by atoms with Gasteiger partial charge in [-0.2, -0.15) is 0 Å². The fourth-order valence-electron chi connectivity index (χ4n) is 3.83. The van der Waals surface area contributed by atoms with Gasteiger partial charge in [0.2, 0.25) is 5.91 Å². The largest absolute Gasteiger partial charge is 0.376 e. The zero-order valence-electron chi connectivity index (χ0n) is 14.7.